The number of amides is 6. The van der Waals surface area contributed by atoms with Gasteiger partial charge in [0.05, 0.1) is 38.6 Å². The minimum atomic E-state index is -1.26. The quantitative estimate of drug-likeness (QED) is 0.154. The Hall–Kier alpha value is -2.48. The zero-order chi connectivity index (χ0) is 21.5. The van der Waals surface area contributed by atoms with E-state index in [4.69, 9.17) is 20.3 Å². The number of primary amides is 1. The van der Waals surface area contributed by atoms with Gasteiger partial charge < -0.3 is 41.4 Å². The van der Waals surface area contributed by atoms with Crippen molar-refractivity contribution >= 4 is 23.9 Å². The van der Waals surface area contributed by atoms with Crippen LogP contribution in [0.4, 0.5) is 9.59 Å². The van der Waals surface area contributed by atoms with E-state index < -0.39 is 36.7 Å². The third-order valence-electron chi connectivity index (χ3n) is 3.30. The highest BCUT2D eigenvalue weighted by molar-refractivity contribution is 5.95. The van der Waals surface area contributed by atoms with Crippen molar-refractivity contribution < 1.29 is 38.9 Å². The van der Waals surface area contributed by atoms with Crippen LogP contribution in [0, 0.1) is 0 Å². The zero-order valence-electron chi connectivity index (χ0n) is 15.9. The molecule has 0 rings (SSSR count). The molecular weight excluding hydrogens is 378 g/mol. The predicted octanol–water partition coefficient (Wildman–Crippen LogP) is -3.24. The first kappa shape index (κ1) is 25.5. The van der Waals surface area contributed by atoms with Crippen LogP contribution in [0.25, 0.3) is 0 Å². The molecule has 0 aromatic heterocycles. The lowest BCUT2D eigenvalue weighted by Gasteiger charge is -2.16. The molecule has 0 aromatic carbocycles. The number of hydrogen-bond donors (Lipinski definition) is 7. The normalized spacial score (nSPS) is 13.7. The number of rotatable bonds is 13. The standard InChI is InChI=1S/C15H29N5O8/c1-9(10(2)22)18-12(23)8-28-6-5-27-4-3-17-13(24)11(7-21)19-15(26)20-14(16)25/h9-11,21-22H,3-8H2,1-2H3,(H,17,24)(H,18,23)(H4,16,19,20,25,26). The SMILES string of the molecule is CC(O)C(C)NC(=O)COCCOCCNC(=O)C(CO)NC(=O)NC(N)=O. The Bertz CT molecular complexity index is 517. The van der Waals surface area contributed by atoms with E-state index in [0.29, 0.717) is 0 Å². The number of ether oxygens (including phenoxy) is 2. The highest BCUT2D eigenvalue weighted by Crippen LogP contribution is 1.90. The molecular formula is C15H29N5O8. The fourth-order valence-electron chi connectivity index (χ4n) is 1.67. The van der Waals surface area contributed by atoms with Gasteiger partial charge in [0.15, 0.2) is 0 Å². The molecule has 162 valence electrons. The summed E-state index contributed by atoms with van der Waals surface area (Å²) in [6.07, 6.45) is -0.666. The van der Waals surface area contributed by atoms with E-state index in [1.807, 2.05) is 0 Å². The first-order valence-electron chi connectivity index (χ1n) is 8.55. The summed E-state index contributed by atoms with van der Waals surface area (Å²) in [5.41, 5.74) is 4.75. The number of carbonyl (C=O) groups is 4. The van der Waals surface area contributed by atoms with E-state index in [1.165, 1.54) is 0 Å². The van der Waals surface area contributed by atoms with Gasteiger partial charge >= 0.3 is 12.1 Å². The van der Waals surface area contributed by atoms with Crippen molar-refractivity contribution in [2.75, 3.05) is 39.6 Å². The molecule has 3 atom stereocenters. The molecule has 13 heteroatoms. The molecule has 0 spiro atoms. The van der Waals surface area contributed by atoms with Crippen molar-refractivity contribution in [1.82, 2.24) is 21.3 Å². The van der Waals surface area contributed by atoms with Crippen molar-refractivity contribution in [3.63, 3.8) is 0 Å². The van der Waals surface area contributed by atoms with Gasteiger partial charge in [0.2, 0.25) is 11.8 Å². The fourth-order valence-corrected chi connectivity index (χ4v) is 1.67. The number of aliphatic hydroxyl groups is 2. The fraction of sp³-hybridized carbons (Fsp3) is 0.733. The van der Waals surface area contributed by atoms with Crippen LogP contribution in [0.15, 0.2) is 0 Å². The maximum atomic E-state index is 11.8. The number of carbonyl (C=O) groups excluding carboxylic acids is 4. The van der Waals surface area contributed by atoms with Gasteiger partial charge in [0, 0.05) is 6.54 Å². The second-order valence-corrected chi connectivity index (χ2v) is 5.75. The molecule has 0 heterocycles. The molecule has 0 radical (unpaired) electrons. The summed E-state index contributed by atoms with van der Waals surface area (Å²) in [7, 11) is 0. The van der Waals surface area contributed by atoms with Crippen molar-refractivity contribution in [2.45, 2.75) is 32.0 Å². The molecule has 28 heavy (non-hydrogen) atoms. The lowest BCUT2D eigenvalue weighted by Crippen LogP contribution is -2.53. The van der Waals surface area contributed by atoms with Gasteiger partial charge in [0.25, 0.3) is 0 Å². The van der Waals surface area contributed by atoms with Crippen molar-refractivity contribution in [3.05, 3.63) is 0 Å². The van der Waals surface area contributed by atoms with E-state index in [2.05, 4.69) is 16.0 Å². The van der Waals surface area contributed by atoms with Gasteiger partial charge in [-0.1, -0.05) is 0 Å². The molecule has 0 bridgehead atoms. The van der Waals surface area contributed by atoms with Gasteiger partial charge in [-0.2, -0.15) is 0 Å². The van der Waals surface area contributed by atoms with Crippen LogP contribution >= 0.6 is 0 Å². The molecule has 0 aromatic rings. The van der Waals surface area contributed by atoms with Crippen LogP contribution in [0.3, 0.4) is 0 Å². The first-order chi connectivity index (χ1) is 13.2. The first-order valence-corrected chi connectivity index (χ1v) is 8.55. The third-order valence-corrected chi connectivity index (χ3v) is 3.30. The minimum absolute atomic E-state index is 0.0981. The second kappa shape index (κ2) is 14.6. The summed E-state index contributed by atoms with van der Waals surface area (Å²) in [4.78, 5) is 45.0. The number of aliphatic hydroxyl groups excluding tert-OH is 2. The van der Waals surface area contributed by atoms with Gasteiger partial charge in [-0.25, -0.2) is 9.59 Å². The van der Waals surface area contributed by atoms with Crippen molar-refractivity contribution in [3.8, 4) is 0 Å². The molecule has 0 aliphatic carbocycles. The summed E-state index contributed by atoms with van der Waals surface area (Å²) in [6.45, 7) is 2.94. The van der Waals surface area contributed by atoms with E-state index >= 15 is 0 Å². The largest absolute Gasteiger partial charge is 0.394 e. The van der Waals surface area contributed by atoms with Crippen LogP contribution in [0.2, 0.25) is 0 Å². The number of urea groups is 2. The summed E-state index contributed by atoms with van der Waals surface area (Å²) >= 11 is 0. The Morgan fingerprint density at radius 1 is 1.04 bits per heavy atom. The van der Waals surface area contributed by atoms with E-state index in [1.54, 1.807) is 19.2 Å². The highest BCUT2D eigenvalue weighted by Gasteiger charge is 2.19. The summed E-state index contributed by atoms with van der Waals surface area (Å²) in [5.74, 6) is -1.03. The van der Waals surface area contributed by atoms with Crippen LogP contribution in [-0.2, 0) is 19.1 Å². The monoisotopic (exact) mass is 407 g/mol. The third kappa shape index (κ3) is 12.8. The number of nitrogens with two attached hydrogens (primary N) is 1. The van der Waals surface area contributed by atoms with Gasteiger partial charge in [-0.3, -0.25) is 14.9 Å². The lowest BCUT2D eigenvalue weighted by atomic mass is 10.2. The van der Waals surface area contributed by atoms with Crippen molar-refractivity contribution in [2.24, 2.45) is 5.73 Å². The smallest absolute Gasteiger partial charge is 0.323 e. The summed E-state index contributed by atoms with van der Waals surface area (Å²) < 4.78 is 10.3. The van der Waals surface area contributed by atoms with Gasteiger partial charge in [-0.05, 0) is 13.8 Å². The molecule has 8 N–H and O–H groups in total. The topological polar surface area (TPSA) is 201 Å². The Morgan fingerprint density at radius 3 is 2.25 bits per heavy atom. The average molecular weight is 407 g/mol. The molecule has 6 amide bonds. The predicted molar refractivity (Wildman–Crippen MR) is 96.1 cm³/mol. The summed E-state index contributed by atoms with van der Waals surface area (Å²) in [6, 6.07) is -3.75. The van der Waals surface area contributed by atoms with Crippen LogP contribution < -0.4 is 27.0 Å². The minimum Gasteiger partial charge on any atom is -0.394 e. The molecule has 0 fully saturated rings. The Morgan fingerprint density at radius 2 is 1.68 bits per heavy atom. The second-order valence-electron chi connectivity index (χ2n) is 5.75. The number of nitrogens with one attached hydrogen (secondary N) is 4. The zero-order valence-corrected chi connectivity index (χ0v) is 15.9. The Labute approximate surface area is 162 Å². The Balaban J connectivity index is 3.78. The maximum absolute atomic E-state index is 11.8. The molecule has 0 saturated carbocycles. The maximum Gasteiger partial charge on any atom is 0.323 e. The molecule has 0 aliphatic heterocycles. The summed E-state index contributed by atoms with van der Waals surface area (Å²) in [5, 5.41) is 27.1. The lowest BCUT2D eigenvalue weighted by molar-refractivity contribution is -0.128. The van der Waals surface area contributed by atoms with Crippen LogP contribution in [0.5, 0.6) is 0 Å². The van der Waals surface area contributed by atoms with Crippen LogP contribution in [-0.4, -0.2) is 91.9 Å². The number of imide groups is 1. The number of hydrogen-bond acceptors (Lipinski definition) is 8. The van der Waals surface area contributed by atoms with Gasteiger partial charge in [-0.15, -0.1) is 0 Å². The molecule has 13 nitrogen and oxygen atoms in total. The van der Waals surface area contributed by atoms with Gasteiger partial charge in [0.1, 0.15) is 12.6 Å². The van der Waals surface area contributed by atoms with Crippen molar-refractivity contribution in [1.29, 1.82) is 0 Å². The molecule has 0 saturated heterocycles. The highest BCUT2D eigenvalue weighted by atomic mass is 16.5. The van der Waals surface area contributed by atoms with E-state index in [-0.39, 0.29) is 44.9 Å². The molecule has 0 aliphatic rings. The molecule has 3 unspecified atom stereocenters. The average Bonchev–Trinajstić information content (AvgIpc) is 2.60. The van der Waals surface area contributed by atoms with E-state index in [0.717, 1.165) is 0 Å². The Kier molecular flexibility index (Phi) is 13.3. The van der Waals surface area contributed by atoms with Crippen LogP contribution in [0.1, 0.15) is 13.8 Å². The van der Waals surface area contributed by atoms with E-state index in [9.17, 15) is 24.3 Å².